The average molecular weight is 288 g/mol. The van der Waals surface area contributed by atoms with Crippen molar-refractivity contribution < 1.29 is 9.18 Å². The number of aryl methyl sites for hydroxylation is 1. The van der Waals surface area contributed by atoms with Crippen LogP contribution in [0.1, 0.15) is 22.8 Å². The van der Waals surface area contributed by atoms with Gasteiger partial charge in [0.2, 0.25) is 0 Å². The molecule has 0 radical (unpaired) electrons. The summed E-state index contributed by atoms with van der Waals surface area (Å²) in [6.45, 7) is 4.99. The maximum absolute atomic E-state index is 12.9. The summed E-state index contributed by atoms with van der Waals surface area (Å²) < 4.78 is 12.9. The Morgan fingerprint density at radius 2 is 2.19 bits per heavy atom. The lowest BCUT2D eigenvalue weighted by Crippen LogP contribution is -2.32. The molecule has 1 aromatic rings. The van der Waals surface area contributed by atoms with Crippen LogP contribution < -0.4 is 0 Å². The van der Waals surface area contributed by atoms with Gasteiger partial charge in [-0.3, -0.25) is 4.79 Å². The molecule has 88 valence electrons. The molecular weight excluding hydrogens is 273 g/mol. The first-order valence-electron chi connectivity index (χ1n) is 5.21. The zero-order valence-corrected chi connectivity index (χ0v) is 11.1. The van der Waals surface area contributed by atoms with Crippen LogP contribution in [-0.2, 0) is 0 Å². The minimum absolute atomic E-state index is 0.0422. The van der Waals surface area contributed by atoms with Crippen LogP contribution in [0.5, 0.6) is 0 Å². The third-order valence-electron chi connectivity index (χ3n) is 2.44. The minimum atomic E-state index is -0.308. The number of carbonyl (C=O) groups is 1. The van der Waals surface area contributed by atoms with Gasteiger partial charge in [0, 0.05) is 24.0 Å². The molecule has 1 amide bonds. The maximum Gasteiger partial charge on any atom is 0.254 e. The van der Waals surface area contributed by atoms with Crippen LogP contribution in [0.2, 0.25) is 0 Å². The number of hydrogen-bond donors (Lipinski definition) is 0. The van der Waals surface area contributed by atoms with E-state index in [1.54, 1.807) is 17.9 Å². The molecule has 0 bridgehead atoms. The van der Waals surface area contributed by atoms with Crippen LogP contribution in [0.4, 0.5) is 4.39 Å². The van der Waals surface area contributed by atoms with Crippen molar-refractivity contribution in [2.45, 2.75) is 13.8 Å². The fourth-order valence-corrected chi connectivity index (χ4v) is 1.97. The lowest BCUT2D eigenvalue weighted by atomic mass is 10.1. The molecule has 0 N–H and O–H groups in total. The topological polar surface area (TPSA) is 20.3 Å². The van der Waals surface area contributed by atoms with E-state index in [1.165, 1.54) is 12.1 Å². The predicted molar refractivity (Wildman–Crippen MR) is 66.5 cm³/mol. The Hall–Kier alpha value is -0.900. The summed E-state index contributed by atoms with van der Waals surface area (Å²) in [5.41, 5.74) is 1.25. The van der Waals surface area contributed by atoms with Crippen molar-refractivity contribution in [3.8, 4) is 0 Å². The first-order chi connectivity index (χ1) is 7.60. The van der Waals surface area contributed by atoms with E-state index in [2.05, 4.69) is 15.9 Å². The smallest absolute Gasteiger partial charge is 0.254 e. The Labute approximate surface area is 104 Å². The van der Waals surface area contributed by atoms with Crippen LogP contribution in [0, 0.1) is 12.7 Å². The van der Waals surface area contributed by atoms with Crippen LogP contribution >= 0.6 is 15.9 Å². The number of alkyl halides is 1. The largest absolute Gasteiger partial charge is 0.338 e. The van der Waals surface area contributed by atoms with E-state index in [0.29, 0.717) is 24.2 Å². The highest BCUT2D eigenvalue weighted by atomic mass is 79.9. The van der Waals surface area contributed by atoms with E-state index in [4.69, 9.17) is 0 Å². The van der Waals surface area contributed by atoms with Gasteiger partial charge in [0.05, 0.1) is 0 Å². The van der Waals surface area contributed by atoms with E-state index in [1.807, 2.05) is 6.92 Å². The zero-order chi connectivity index (χ0) is 12.1. The van der Waals surface area contributed by atoms with E-state index >= 15 is 0 Å². The van der Waals surface area contributed by atoms with Crippen molar-refractivity contribution in [3.05, 3.63) is 35.1 Å². The summed E-state index contributed by atoms with van der Waals surface area (Å²) in [6, 6.07) is 4.25. The van der Waals surface area contributed by atoms with Crippen molar-refractivity contribution in [1.29, 1.82) is 0 Å². The quantitative estimate of drug-likeness (QED) is 0.780. The number of halogens is 2. The Balaban J connectivity index is 2.94. The molecule has 0 aliphatic heterocycles. The SMILES string of the molecule is CCN(CCBr)C(=O)c1ccc(F)cc1C. The number of amides is 1. The fraction of sp³-hybridized carbons (Fsp3) is 0.417. The van der Waals surface area contributed by atoms with E-state index in [9.17, 15) is 9.18 Å². The molecular formula is C12H15BrFNO. The van der Waals surface area contributed by atoms with Crippen LogP contribution in [0.3, 0.4) is 0 Å². The molecule has 0 atom stereocenters. The molecule has 0 heterocycles. The molecule has 0 aliphatic carbocycles. The summed E-state index contributed by atoms with van der Waals surface area (Å²) in [5.74, 6) is -0.350. The lowest BCUT2D eigenvalue weighted by molar-refractivity contribution is 0.0774. The molecule has 0 aromatic heterocycles. The third-order valence-corrected chi connectivity index (χ3v) is 2.80. The molecule has 0 saturated carbocycles. The van der Waals surface area contributed by atoms with Gasteiger partial charge in [0.25, 0.3) is 5.91 Å². The number of hydrogen-bond acceptors (Lipinski definition) is 1. The van der Waals surface area contributed by atoms with Crippen molar-refractivity contribution in [1.82, 2.24) is 4.90 Å². The first kappa shape index (κ1) is 13.2. The van der Waals surface area contributed by atoms with Crippen LogP contribution in [0.25, 0.3) is 0 Å². The summed E-state index contributed by atoms with van der Waals surface area (Å²) in [6.07, 6.45) is 0. The van der Waals surface area contributed by atoms with Gasteiger partial charge in [-0.25, -0.2) is 4.39 Å². The van der Waals surface area contributed by atoms with Gasteiger partial charge >= 0.3 is 0 Å². The highest BCUT2D eigenvalue weighted by Gasteiger charge is 2.15. The summed E-state index contributed by atoms with van der Waals surface area (Å²) in [7, 11) is 0. The van der Waals surface area contributed by atoms with Gasteiger partial charge in [-0.15, -0.1) is 0 Å². The average Bonchev–Trinajstić information content (AvgIpc) is 2.25. The molecule has 0 saturated heterocycles. The molecule has 0 aliphatic rings. The molecule has 0 spiro atoms. The molecule has 0 unspecified atom stereocenters. The minimum Gasteiger partial charge on any atom is -0.338 e. The summed E-state index contributed by atoms with van der Waals surface area (Å²) in [4.78, 5) is 13.8. The Bertz CT molecular complexity index is 381. The van der Waals surface area contributed by atoms with Crippen LogP contribution in [-0.4, -0.2) is 29.2 Å². The molecule has 1 aromatic carbocycles. The first-order valence-corrected chi connectivity index (χ1v) is 6.33. The number of benzene rings is 1. The molecule has 16 heavy (non-hydrogen) atoms. The van der Waals surface area contributed by atoms with Gasteiger partial charge in [-0.05, 0) is 37.6 Å². The lowest BCUT2D eigenvalue weighted by Gasteiger charge is -2.20. The number of rotatable bonds is 4. The van der Waals surface area contributed by atoms with Crippen LogP contribution in [0.15, 0.2) is 18.2 Å². The van der Waals surface area contributed by atoms with Gasteiger partial charge < -0.3 is 4.90 Å². The normalized spacial score (nSPS) is 10.2. The van der Waals surface area contributed by atoms with Crippen molar-refractivity contribution in [3.63, 3.8) is 0 Å². The summed E-state index contributed by atoms with van der Waals surface area (Å²) >= 11 is 3.31. The van der Waals surface area contributed by atoms with Gasteiger partial charge in [-0.2, -0.15) is 0 Å². The number of nitrogens with zero attached hydrogens (tertiary/aromatic N) is 1. The second-order valence-electron chi connectivity index (χ2n) is 3.53. The van der Waals surface area contributed by atoms with Gasteiger partial charge in [-0.1, -0.05) is 15.9 Å². The Morgan fingerprint density at radius 1 is 1.50 bits per heavy atom. The highest BCUT2D eigenvalue weighted by molar-refractivity contribution is 9.09. The Morgan fingerprint density at radius 3 is 2.69 bits per heavy atom. The van der Waals surface area contributed by atoms with Crippen molar-refractivity contribution in [2.75, 3.05) is 18.4 Å². The molecule has 1 rings (SSSR count). The van der Waals surface area contributed by atoms with Gasteiger partial charge in [0.1, 0.15) is 5.82 Å². The van der Waals surface area contributed by atoms with E-state index < -0.39 is 0 Å². The fourth-order valence-electron chi connectivity index (χ4n) is 1.54. The summed E-state index contributed by atoms with van der Waals surface area (Å²) in [5, 5.41) is 0.743. The van der Waals surface area contributed by atoms with Gasteiger partial charge in [0.15, 0.2) is 0 Å². The third kappa shape index (κ3) is 3.04. The van der Waals surface area contributed by atoms with Crippen molar-refractivity contribution in [2.24, 2.45) is 0 Å². The number of carbonyl (C=O) groups excluding carboxylic acids is 1. The monoisotopic (exact) mass is 287 g/mol. The zero-order valence-electron chi connectivity index (χ0n) is 9.46. The standard InChI is InChI=1S/C12H15BrFNO/c1-3-15(7-6-13)12(16)11-5-4-10(14)8-9(11)2/h4-5,8H,3,6-7H2,1-2H3. The van der Waals surface area contributed by atoms with Crippen molar-refractivity contribution >= 4 is 21.8 Å². The maximum atomic E-state index is 12.9. The molecule has 0 fully saturated rings. The molecule has 4 heteroatoms. The molecule has 2 nitrogen and oxygen atoms in total. The predicted octanol–water partition coefficient (Wildman–Crippen LogP) is 2.99. The second kappa shape index (κ2) is 5.99. The Kier molecular flexibility index (Phi) is 4.93. The van der Waals surface area contributed by atoms with E-state index in [0.717, 1.165) is 5.33 Å². The highest BCUT2D eigenvalue weighted by Crippen LogP contribution is 2.13. The second-order valence-corrected chi connectivity index (χ2v) is 4.33. The van der Waals surface area contributed by atoms with E-state index in [-0.39, 0.29) is 11.7 Å².